The number of hydrogen-bond donors (Lipinski definition) is 0. The number of likely N-dealkylation sites (tertiary alicyclic amines) is 1. The molecular weight excluding hydrogens is 280 g/mol. The summed E-state index contributed by atoms with van der Waals surface area (Å²) in [6.45, 7) is 1.95. The van der Waals surface area contributed by atoms with Gasteiger partial charge in [-0.15, -0.1) is 0 Å². The fourth-order valence-corrected chi connectivity index (χ4v) is 3.42. The number of fused-ring (bicyclic) bond motifs is 1. The zero-order valence-corrected chi connectivity index (χ0v) is 12.5. The summed E-state index contributed by atoms with van der Waals surface area (Å²) in [5.41, 5.74) is 1.11. The second kappa shape index (κ2) is 5.39. The Labute approximate surface area is 129 Å². The average Bonchev–Trinajstić information content (AvgIpc) is 3.29. The van der Waals surface area contributed by atoms with Gasteiger partial charge in [-0.25, -0.2) is 0 Å². The molecule has 2 amide bonds. The van der Waals surface area contributed by atoms with E-state index in [1.165, 1.54) is 0 Å². The van der Waals surface area contributed by atoms with E-state index in [2.05, 4.69) is 0 Å². The molecule has 1 aromatic carbocycles. The topological polar surface area (TPSA) is 49.9 Å². The first-order valence-corrected chi connectivity index (χ1v) is 7.96. The summed E-state index contributed by atoms with van der Waals surface area (Å²) in [5.74, 6) is 0.481. The molecule has 5 heteroatoms. The summed E-state index contributed by atoms with van der Waals surface area (Å²) in [6.07, 6.45) is 1.99. The highest BCUT2D eigenvalue weighted by Crippen LogP contribution is 2.34. The van der Waals surface area contributed by atoms with Crippen LogP contribution in [-0.4, -0.2) is 53.5 Å². The molecule has 22 heavy (non-hydrogen) atoms. The van der Waals surface area contributed by atoms with Crippen LogP contribution in [0, 0.1) is 5.92 Å². The van der Waals surface area contributed by atoms with Crippen molar-refractivity contribution in [1.29, 1.82) is 0 Å². The quantitative estimate of drug-likeness (QED) is 0.838. The molecule has 1 aliphatic carbocycles. The molecule has 0 aromatic heterocycles. The van der Waals surface area contributed by atoms with Crippen molar-refractivity contribution in [2.24, 2.45) is 5.92 Å². The Bertz CT molecular complexity index is 585. The molecule has 3 aliphatic rings. The number of benzene rings is 1. The van der Waals surface area contributed by atoms with Crippen LogP contribution in [0.3, 0.4) is 0 Å². The Morgan fingerprint density at radius 1 is 1.18 bits per heavy atom. The molecule has 2 aliphatic heterocycles. The number of rotatable bonds is 3. The van der Waals surface area contributed by atoms with Crippen molar-refractivity contribution < 1.29 is 14.3 Å². The smallest absolute Gasteiger partial charge is 0.249 e. The molecule has 3 fully saturated rings. The SMILES string of the molecule is O=C(C1CC1)N1C[C@@H]2OCC(=O)N(Cc3ccccc3)[C@@H]2C1. The summed E-state index contributed by atoms with van der Waals surface area (Å²) in [7, 11) is 0. The van der Waals surface area contributed by atoms with Crippen molar-refractivity contribution in [3.63, 3.8) is 0 Å². The van der Waals surface area contributed by atoms with E-state index in [-0.39, 0.29) is 36.5 Å². The number of hydrogen-bond acceptors (Lipinski definition) is 3. The molecule has 5 nitrogen and oxygen atoms in total. The molecule has 4 rings (SSSR count). The van der Waals surface area contributed by atoms with E-state index < -0.39 is 0 Å². The van der Waals surface area contributed by atoms with Gasteiger partial charge in [0.25, 0.3) is 0 Å². The Morgan fingerprint density at radius 2 is 1.95 bits per heavy atom. The minimum absolute atomic E-state index is 0.0100. The van der Waals surface area contributed by atoms with E-state index in [1.807, 2.05) is 40.1 Å². The van der Waals surface area contributed by atoms with Gasteiger partial charge < -0.3 is 14.5 Å². The zero-order chi connectivity index (χ0) is 15.1. The lowest BCUT2D eigenvalue weighted by Gasteiger charge is -2.36. The maximum Gasteiger partial charge on any atom is 0.249 e. The van der Waals surface area contributed by atoms with Crippen LogP contribution in [0.1, 0.15) is 18.4 Å². The third kappa shape index (κ3) is 2.50. The fraction of sp³-hybridized carbons (Fsp3) is 0.529. The van der Waals surface area contributed by atoms with Crippen molar-refractivity contribution in [2.45, 2.75) is 31.5 Å². The van der Waals surface area contributed by atoms with Gasteiger partial charge >= 0.3 is 0 Å². The lowest BCUT2D eigenvalue weighted by molar-refractivity contribution is -0.153. The molecule has 0 radical (unpaired) electrons. The summed E-state index contributed by atoms with van der Waals surface area (Å²) in [6, 6.07) is 9.98. The van der Waals surface area contributed by atoms with Gasteiger partial charge in [0.1, 0.15) is 6.61 Å². The van der Waals surface area contributed by atoms with Crippen molar-refractivity contribution in [2.75, 3.05) is 19.7 Å². The summed E-state index contributed by atoms with van der Waals surface area (Å²) in [4.78, 5) is 28.3. The normalized spacial score (nSPS) is 27.9. The number of morpholine rings is 1. The van der Waals surface area contributed by atoms with Crippen LogP contribution in [0.5, 0.6) is 0 Å². The molecular formula is C17H20N2O3. The first-order valence-electron chi connectivity index (χ1n) is 7.96. The Morgan fingerprint density at radius 3 is 2.68 bits per heavy atom. The van der Waals surface area contributed by atoms with E-state index in [0.717, 1.165) is 18.4 Å². The molecule has 0 spiro atoms. The van der Waals surface area contributed by atoms with Gasteiger partial charge in [0.2, 0.25) is 11.8 Å². The van der Waals surface area contributed by atoms with Gasteiger partial charge in [-0.3, -0.25) is 9.59 Å². The second-order valence-corrected chi connectivity index (χ2v) is 6.44. The number of carbonyl (C=O) groups is 2. The Kier molecular flexibility index (Phi) is 3.37. The van der Waals surface area contributed by atoms with Crippen LogP contribution in [-0.2, 0) is 20.9 Å². The highest BCUT2D eigenvalue weighted by molar-refractivity contribution is 5.82. The van der Waals surface area contributed by atoms with Gasteiger partial charge in [0.05, 0.1) is 12.1 Å². The lowest BCUT2D eigenvalue weighted by Crippen LogP contribution is -2.53. The molecule has 116 valence electrons. The standard InChI is InChI=1S/C17H20N2O3/c20-16-11-22-15-10-18(17(21)13-6-7-13)9-14(15)19(16)8-12-4-2-1-3-5-12/h1-5,13-15H,6-11H2/t14-,15+/m1/s1. The minimum Gasteiger partial charge on any atom is -0.364 e. The van der Waals surface area contributed by atoms with E-state index in [4.69, 9.17) is 4.74 Å². The first-order chi connectivity index (χ1) is 10.7. The zero-order valence-electron chi connectivity index (χ0n) is 12.5. The summed E-state index contributed by atoms with van der Waals surface area (Å²) in [5, 5.41) is 0. The van der Waals surface area contributed by atoms with E-state index >= 15 is 0 Å². The van der Waals surface area contributed by atoms with Crippen molar-refractivity contribution in [3.05, 3.63) is 35.9 Å². The van der Waals surface area contributed by atoms with Crippen LogP contribution < -0.4 is 0 Å². The van der Waals surface area contributed by atoms with E-state index in [0.29, 0.717) is 19.6 Å². The lowest BCUT2D eigenvalue weighted by atomic mass is 10.1. The molecule has 0 unspecified atom stereocenters. The number of nitrogens with zero attached hydrogens (tertiary/aromatic N) is 2. The third-order valence-electron chi connectivity index (χ3n) is 4.81. The fourth-order valence-electron chi connectivity index (χ4n) is 3.42. The molecule has 1 saturated carbocycles. The Balaban J connectivity index is 1.50. The van der Waals surface area contributed by atoms with E-state index in [1.54, 1.807) is 0 Å². The average molecular weight is 300 g/mol. The van der Waals surface area contributed by atoms with Crippen LogP contribution >= 0.6 is 0 Å². The van der Waals surface area contributed by atoms with Crippen molar-refractivity contribution in [3.8, 4) is 0 Å². The van der Waals surface area contributed by atoms with Crippen molar-refractivity contribution in [1.82, 2.24) is 9.80 Å². The molecule has 0 bridgehead atoms. The van der Waals surface area contributed by atoms with Crippen LogP contribution in [0.4, 0.5) is 0 Å². The number of carbonyl (C=O) groups excluding carboxylic acids is 2. The number of ether oxygens (including phenoxy) is 1. The molecule has 2 heterocycles. The maximum absolute atomic E-state index is 12.3. The number of amides is 2. The van der Waals surface area contributed by atoms with Crippen LogP contribution in [0.25, 0.3) is 0 Å². The van der Waals surface area contributed by atoms with E-state index in [9.17, 15) is 9.59 Å². The Hall–Kier alpha value is -1.88. The van der Waals surface area contributed by atoms with Gasteiger partial charge in [0.15, 0.2) is 0 Å². The van der Waals surface area contributed by atoms with Crippen LogP contribution in [0.2, 0.25) is 0 Å². The molecule has 2 atom stereocenters. The third-order valence-corrected chi connectivity index (χ3v) is 4.81. The predicted octanol–water partition coefficient (Wildman–Crippen LogP) is 1.03. The van der Waals surface area contributed by atoms with Gasteiger partial charge in [-0.1, -0.05) is 30.3 Å². The summed E-state index contributed by atoms with van der Waals surface area (Å²) >= 11 is 0. The maximum atomic E-state index is 12.3. The summed E-state index contributed by atoms with van der Waals surface area (Å²) < 4.78 is 5.68. The largest absolute Gasteiger partial charge is 0.364 e. The monoisotopic (exact) mass is 300 g/mol. The second-order valence-electron chi connectivity index (χ2n) is 6.44. The highest BCUT2D eigenvalue weighted by Gasteiger charge is 2.46. The van der Waals surface area contributed by atoms with Crippen molar-refractivity contribution >= 4 is 11.8 Å². The van der Waals surface area contributed by atoms with Gasteiger partial charge in [-0.05, 0) is 18.4 Å². The van der Waals surface area contributed by atoms with Crippen LogP contribution in [0.15, 0.2) is 30.3 Å². The molecule has 0 N–H and O–H groups in total. The molecule has 2 saturated heterocycles. The first kappa shape index (κ1) is 13.8. The van der Waals surface area contributed by atoms with Gasteiger partial charge in [0, 0.05) is 25.6 Å². The predicted molar refractivity (Wildman–Crippen MR) is 79.8 cm³/mol. The van der Waals surface area contributed by atoms with Gasteiger partial charge in [-0.2, -0.15) is 0 Å². The molecule has 1 aromatic rings. The highest BCUT2D eigenvalue weighted by atomic mass is 16.5. The minimum atomic E-state index is -0.0379.